The first kappa shape index (κ1) is 21.9. The molecule has 0 saturated carbocycles. The van der Waals surface area contributed by atoms with Crippen LogP contribution in [-0.2, 0) is 15.1 Å². The Morgan fingerprint density at radius 2 is 1.82 bits per heavy atom. The first-order chi connectivity index (χ1) is 15.9. The maximum absolute atomic E-state index is 13.1. The molecule has 1 spiro atoms. The number of allylic oxidation sites excluding steroid dienone is 2. The summed E-state index contributed by atoms with van der Waals surface area (Å²) >= 11 is 0. The Labute approximate surface area is 196 Å². The van der Waals surface area contributed by atoms with Crippen molar-refractivity contribution in [3.05, 3.63) is 76.6 Å². The predicted octanol–water partition coefficient (Wildman–Crippen LogP) is 5.08. The summed E-state index contributed by atoms with van der Waals surface area (Å²) in [7, 11) is 0. The van der Waals surface area contributed by atoms with E-state index >= 15 is 0 Å². The maximum atomic E-state index is 13.1. The molecule has 2 heterocycles. The molecule has 34 heavy (non-hydrogen) atoms. The zero-order valence-corrected chi connectivity index (χ0v) is 19.3. The molecule has 176 valence electrons. The number of carbonyl (C=O) groups excluding carboxylic acids is 2. The number of ether oxygens (including phenoxy) is 3. The molecule has 3 aliphatic rings. The molecule has 2 aromatic carbocycles. The van der Waals surface area contributed by atoms with Gasteiger partial charge in [0.1, 0.15) is 22.7 Å². The van der Waals surface area contributed by atoms with E-state index in [1.165, 1.54) is 12.1 Å². The number of carbonyl (C=O) groups is 2. The molecule has 0 radical (unpaired) electrons. The minimum atomic E-state index is -1.37. The Kier molecular flexibility index (Phi) is 4.52. The zero-order valence-electron chi connectivity index (χ0n) is 19.3. The van der Waals surface area contributed by atoms with Crippen molar-refractivity contribution in [2.45, 2.75) is 50.9 Å². The number of aliphatic hydroxyl groups is 1. The number of esters is 1. The number of rotatable bonds is 1. The largest absolute Gasteiger partial charge is 0.512 e. The van der Waals surface area contributed by atoms with Crippen LogP contribution in [0.3, 0.4) is 0 Å². The molecule has 3 N–H and O–H groups in total. The van der Waals surface area contributed by atoms with E-state index in [-0.39, 0.29) is 17.9 Å². The molecule has 2 aliphatic heterocycles. The molecule has 2 unspecified atom stereocenters. The quantitative estimate of drug-likeness (QED) is 0.506. The Hall–Kier alpha value is -3.94. The number of hydrogen-bond acceptors (Lipinski definition) is 7. The molecule has 0 saturated heterocycles. The lowest BCUT2D eigenvalue weighted by atomic mass is 9.68. The van der Waals surface area contributed by atoms with Crippen molar-refractivity contribution < 1.29 is 34.0 Å². The van der Waals surface area contributed by atoms with Gasteiger partial charge in [0.2, 0.25) is 0 Å². The Balaban J connectivity index is 1.71. The second-order valence-corrected chi connectivity index (χ2v) is 9.89. The van der Waals surface area contributed by atoms with E-state index in [0.717, 1.165) is 0 Å². The number of amides is 1. The van der Waals surface area contributed by atoms with E-state index in [1.807, 2.05) is 0 Å². The van der Waals surface area contributed by atoms with Crippen molar-refractivity contribution in [1.29, 1.82) is 0 Å². The molecule has 8 nitrogen and oxygen atoms in total. The third-order valence-electron chi connectivity index (χ3n) is 6.10. The van der Waals surface area contributed by atoms with Crippen LogP contribution in [0.2, 0.25) is 0 Å². The summed E-state index contributed by atoms with van der Waals surface area (Å²) in [6, 6.07) is 9.51. The fraction of sp³-hybridized carbons (Fsp3) is 0.308. The van der Waals surface area contributed by atoms with Crippen molar-refractivity contribution in [3.8, 4) is 11.5 Å². The van der Waals surface area contributed by atoms with E-state index in [0.29, 0.717) is 33.7 Å². The first-order valence-electron chi connectivity index (χ1n) is 10.9. The van der Waals surface area contributed by atoms with E-state index in [4.69, 9.17) is 14.2 Å². The number of aromatic hydroxyl groups is 1. The Bertz CT molecular complexity index is 1300. The van der Waals surface area contributed by atoms with Gasteiger partial charge in [-0.1, -0.05) is 6.08 Å². The van der Waals surface area contributed by atoms with Gasteiger partial charge in [0.05, 0.1) is 11.3 Å². The minimum Gasteiger partial charge on any atom is -0.512 e. The predicted molar refractivity (Wildman–Crippen MR) is 123 cm³/mol. The number of fused-ring (bicyclic) bond motifs is 6. The number of anilines is 1. The zero-order chi connectivity index (χ0) is 24.5. The van der Waals surface area contributed by atoms with E-state index < -0.39 is 28.9 Å². The Morgan fingerprint density at radius 1 is 1.06 bits per heavy atom. The highest BCUT2D eigenvalue weighted by molar-refractivity contribution is 5.98. The van der Waals surface area contributed by atoms with Crippen LogP contribution in [0.15, 0.2) is 59.9 Å². The minimum absolute atomic E-state index is 0.00890. The Morgan fingerprint density at radius 3 is 2.56 bits per heavy atom. The van der Waals surface area contributed by atoms with Crippen molar-refractivity contribution >= 4 is 17.7 Å². The lowest BCUT2D eigenvalue weighted by Crippen LogP contribution is -2.51. The third-order valence-corrected chi connectivity index (χ3v) is 6.10. The first-order valence-corrected chi connectivity index (χ1v) is 10.9. The van der Waals surface area contributed by atoms with E-state index in [2.05, 4.69) is 5.32 Å². The molecular weight excluding hydrogens is 438 g/mol. The van der Waals surface area contributed by atoms with Crippen LogP contribution < -0.4 is 10.1 Å². The van der Waals surface area contributed by atoms with Gasteiger partial charge < -0.3 is 24.4 Å². The average molecular weight is 463 g/mol. The van der Waals surface area contributed by atoms with Crippen LogP contribution in [0.1, 0.15) is 55.6 Å². The highest BCUT2D eigenvalue weighted by atomic mass is 16.6. The van der Waals surface area contributed by atoms with Gasteiger partial charge in [0.25, 0.3) is 0 Å². The smallest absolute Gasteiger partial charge is 0.412 e. The molecule has 2 aromatic rings. The molecular formula is C26H25NO7. The van der Waals surface area contributed by atoms with Crippen LogP contribution >= 0.6 is 0 Å². The number of nitrogens with one attached hydrogen (secondary N) is 1. The van der Waals surface area contributed by atoms with Gasteiger partial charge in [-0.25, -0.2) is 9.59 Å². The lowest BCUT2D eigenvalue weighted by Gasteiger charge is -2.48. The summed E-state index contributed by atoms with van der Waals surface area (Å²) in [6.45, 7) is 7.10. The molecule has 0 aromatic heterocycles. The second-order valence-electron chi connectivity index (χ2n) is 9.89. The second kappa shape index (κ2) is 7.03. The SMILES string of the molecule is CC(C)(C)OC(=O)Nc1ccc2c(c1)C1(OC2=O)C2=CC=C(O)CC2(C)Oc2cc(O)ccc21. The van der Waals surface area contributed by atoms with Gasteiger partial charge >= 0.3 is 12.1 Å². The monoisotopic (exact) mass is 463 g/mol. The molecule has 1 aliphatic carbocycles. The molecule has 0 bridgehead atoms. The molecule has 8 heteroatoms. The maximum Gasteiger partial charge on any atom is 0.412 e. The molecule has 1 amide bonds. The van der Waals surface area contributed by atoms with Gasteiger partial charge in [-0.15, -0.1) is 0 Å². The van der Waals surface area contributed by atoms with Crippen molar-refractivity contribution in [1.82, 2.24) is 0 Å². The number of hydrogen-bond donors (Lipinski definition) is 3. The fourth-order valence-corrected chi connectivity index (χ4v) is 4.87. The highest BCUT2D eigenvalue weighted by Gasteiger charge is 2.60. The standard InChI is InChI=1S/C26H25NO7/c1-24(2,3)34-23(31)27-14-5-8-17-19(11-14)26(33-22(17)30)18-9-6-15(28)12-20(18)32-25(4)13-16(29)7-10-21(25)26/h5-12,28-29H,13H2,1-4H3,(H,27,31). The summed E-state index contributed by atoms with van der Waals surface area (Å²) in [5, 5.41) is 23.1. The van der Waals surface area contributed by atoms with Gasteiger partial charge in [-0.3, -0.25) is 5.32 Å². The van der Waals surface area contributed by atoms with E-state index in [1.54, 1.807) is 64.1 Å². The summed E-state index contributed by atoms with van der Waals surface area (Å²) in [6.07, 6.45) is 2.78. The number of phenolic OH excluding ortho intramolecular Hbond substituents is 1. The van der Waals surface area contributed by atoms with Gasteiger partial charge in [-0.2, -0.15) is 0 Å². The van der Waals surface area contributed by atoms with Gasteiger partial charge in [0.15, 0.2) is 5.60 Å². The summed E-state index contributed by atoms with van der Waals surface area (Å²) < 4.78 is 17.7. The lowest BCUT2D eigenvalue weighted by molar-refractivity contribution is -0.0112. The third kappa shape index (κ3) is 3.29. The van der Waals surface area contributed by atoms with Gasteiger partial charge in [0, 0.05) is 34.9 Å². The van der Waals surface area contributed by atoms with E-state index in [9.17, 15) is 19.8 Å². The summed E-state index contributed by atoms with van der Waals surface area (Å²) in [5.41, 5.74) is -0.643. The summed E-state index contributed by atoms with van der Waals surface area (Å²) in [4.78, 5) is 25.4. The van der Waals surface area contributed by atoms with Gasteiger partial charge in [-0.05, 0) is 64.1 Å². The van der Waals surface area contributed by atoms with Crippen LogP contribution in [-0.4, -0.2) is 33.5 Å². The highest BCUT2D eigenvalue weighted by Crippen LogP contribution is 2.59. The van der Waals surface area contributed by atoms with Crippen molar-refractivity contribution in [2.24, 2.45) is 0 Å². The fourth-order valence-electron chi connectivity index (χ4n) is 4.87. The molecule has 0 fully saturated rings. The van der Waals surface area contributed by atoms with Crippen LogP contribution in [0.4, 0.5) is 10.5 Å². The average Bonchev–Trinajstić information content (AvgIpc) is 2.98. The van der Waals surface area contributed by atoms with Crippen LogP contribution in [0.5, 0.6) is 11.5 Å². The number of phenols is 1. The molecule has 5 rings (SSSR count). The van der Waals surface area contributed by atoms with Crippen molar-refractivity contribution in [2.75, 3.05) is 5.32 Å². The number of benzene rings is 2. The van der Waals surface area contributed by atoms with Crippen LogP contribution in [0, 0.1) is 0 Å². The number of aliphatic hydroxyl groups excluding tert-OH is 1. The van der Waals surface area contributed by atoms with Crippen LogP contribution in [0.25, 0.3) is 0 Å². The van der Waals surface area contributed by atoms with Crippen molar-refractivity contribution in [3.63, 3.8) is 0 Å². The molecule has 2 atom stereocenters. The normalized spacial score (nSPS) is 24.6. The topological polar surface area (TPSA) is 114 Å². The summed E-state index contributed by atoms with van der Waals surface area (Å²) in [5.74, 6) is -0.0810.